The van der Waals surface area contributed by atoms with Crippen LogP contribution in [-0.4, -0.2) is 39.0 Å². The van der Waals surface area contributed by atoms with Crippen LogP contribution in [0.2, 0.25) is 5.02 Å². The number of benzene rings is 2. The predicted octanol–water partition coefficient (Wildman–Crippen LogP) is 5.43. The summed E-state index contributed by atoms with van der Waals surface area (Å²) >= 11 is 6.19. The van der Waals surface area contributed by atoms with Crippen LogP contribution in [0.5, 0.6) is 0 Å². The molecular formula is C24H28ClN5O3. The molecule has 3 aromatic rings. The van der Waals surface area contributed by atoms with Crippen molar-refractivity contribution < 1.29 is 14.3 Å². The highest BCUT2D eigenvalue weighted by Crippen LogP contribution is 2.34. The van der Waals surface area contributed by atoms with Gasteiger partial charge in [-0.25, -0.2) is 9.78 Å². The second-order valence-electron chi connectivity index (χ2n) is 9.28. The van der Waals surface area contributed by atoms with Crippen LogP contribution >= 0.6 is 11.6 Å². The number of fused-ring (bicyclic) bond motifs is 1. The van der Waals surface area contributed by atoms with Crippen molar-refractivity contribution in [1.82, 2.24) is 14.9 Å². The van der Waals surface area contributed by atoms with Crippen LogP contribution in [0.4, 0.5) is 16.2 Å². The summed E-state index contributed by atoms with van der Waals surface area (Å²) in [6.45, 7) is 7.94. The molecule has 1 atom stereocenters. The van der Waals surface area contributed by atoms with E-state index < -0.39 is 5.60 Å². The number of nitrogens with zero attached hydrogens (tertiary/aromatic N) is 2. The van der Waals surface area contributed by atoms with Crippen molar-refractivity contribution in [3.63, 3.8) is 0 Å². The molecule has 0 saturated carbocycles. The summed E-state index contributed by atoms with van der Waals surface area (Å²) in [6, 6.07) is 8.40. The third-order valence-corrected chi connectivity index (χ3v) is 5.99. The van der Waals surface area contributed by atoms with Gasteiger partial charge in [0.1, 0.15) is 16.9 Å². The molecule has 0 radical (unpaired) electrons. The first-order chi connectivity index (χ1) is 15.5. The van der Waals surface area contributed by atoms with E-state index in [1.165, 1.54) is 0 Å². The average molecular weight is 470 g/mol. The maximum atomic E-state index is 13.2. The van der Waals surface area contributed by atoms with Crippen molar-refractivity contribution in [2.24, 2.45) is 0 Å². The first-order valence-corrected chi connectivity index (χ1v) is 11.3. The molecule has 174 valence electrons. The summed E-state index contributed by atoms with van der Waals surface area (Å²) in [7, 11) is 0. The zero-order valence-corrected chi connectivity index (χ0v) is 19.9. The van der Waals surface area contributed by atoms with Crippen LogP contribution in [0, 0.1) is 6.92 Å². The summed E-state index contributed by atoms with van der Waals surface area (Å²) in [5.41, 5.74) is 8.79. The van der Waals surface area contributed by atoms with E-state index in [-0.39, 0.29) is 18.0 Å². The van der Waals surface area contributed by atoms with E-state index in [0.717, 1.165) is 18.4 Å². The summed E-state index contributed by atoms with van der Waals surface area (Å²) in [6.07, 6.45) is 1.21. The quantitative estimate of drug-likeness (QED) is 0.442. The number of rotatable bonds is 3. The number of nitrogen functional groups attached to an aromatic ring is 1. The molecule has 2 heterocycles. The molecule has 4 rings (SSSR count). The van der Waals surface area contributed by atoms with E-state index >= 15 is 0 Å². The standard InChI is InChI=1S/C24H28ClN5O3/c1-13-16(25)7-5-8-17(13)28-22(31)15-11-14(26)12-18-20(15)29-21(27-18)19-9-6-10-30(19)23(32)33-24(2,3)4/h5,7-8,11-12,19H,6,9-10,26H2,1-4H3,(H,27,29)(H,28,31)/t19-/m0/s1. The number of hydrogen-bond donors (Lipinski definition) is 3. The monoisotopic (exact) mass is 469 g/mol. The van der Waals surface area contributed by atoms with Gasteiger partial charge in [0.05, 0.1) is 17.1 Å². The maximum absolute atomic E-state index is 13.2. The van der Waals surface area contributed by atoms with Gasteiger partial charge in [0.2, 0.25) is 0 Å². The largest absolute Gasteiger partial charge is 0.444 e. The Morgan fingerprint density at radius 3 is 2.79 bits per heavy atom. The van der Waals surface area contributed by atoms with Gasteiger partial charge in [0.25, 0.3) is 5.91 Å². The number of hydrogen-bond acceptors (Lipinski definition) is 5. The summed E-state index contributed by atoms with van der Waals surface area (Å²) in [5, 5.41) is 3.47. The van der Waals surface area contributed by atoms with Crippen LogP contribution < -0.4 is 11.1 Å². The van der Waals surface area contributed by atoms with Crippen molar-refractivity contribution in [3.8, 4) is 0 Å². The van der Waals surface area contributed by atoms with Gasteiger partial charge in [0, 0.05) is 22.9 Å². The smallest absolute Gasteiger partial charge is 0.410 e. The van der Waals surface area contributed by atoms with Crippen LogP contribution in [-0.2, 0) is 4.74 Å². The number of ether oxygens (including phenoxy) is 1. The predicted molar refractivity (Wildman–Crippen MR) is 130 cm³/mol. The highest BCUT2D eigenvalue weighted by Gasteiger charge is 2.35. The fraction of sp³-hybridized carbons (Fsp3) is 0.375. The molecule has 2 amide bonds. The number of likely N-dealkylation sites (tertiary alicyclic amines) is 1. The van der Waals surface area contributed by atoms with Crippen LogP contribution in [0.15, 0.2) is 30.3 Å². The first kappa shape index (κ1) is 22.9. The van der Waals surface area contributed by atoms with Crippen molar-refractivity contribution in [1.29, 1.82) is 0 Å². The van der Waals surface area contributed by atoms with Gasteiger partial charge in [-0.2, -0.15) is 0 Å². The third-order valence-electron chi connectivity index (χ3n) is 5.58. The van der Waals surface area contributed by atoms with Crippen molar-refractivity contribution >= 4 is 46.0 Å². The van der Waals surface area contributed by atoms with E-state index in [2.05, 4.69) is 10.3 Å². The van der Waals surface area contributed by atoms with E-state index in [0.29, 0.717) is 45.4 Å². The Morgan fingerprint density at radius 2 is 2.06 bits per heavy atom. The number of carbonyl (C=O) groups is 2. The van der Waals surface area contributed by atoms with Crippen molar-refractivity contribution in [2.75, 3.05) is 17.6 Å². The Hall–Kier alpha value is -3.26. The Bertz CT molecular complexity index is 1230. The Labute approximate surface area is 197 Å². The minimum Gasteiger partial charge on any atom is -0.444 e. The van der Waals surface area contributed by atoms with Gasteiger partial charge in [-0.15, -0.1) is 0 Å². The maximum Gasteiger partial charge on any atom is 0.410 e. The highest BCUT2D eigenvalue weighted by atomic mass is 35.5. The molecule has 0 bridgehead atoms. The van der Waals surface area contributed by atoms with Gasteiger partial charge in [-0.1, -0.05) is 17.7 Å². The number of aromatic nitrogens is 2. The van der Waals surface area contributed by atoms with Crippen LogP contribution in [0.25, 0.3) is 11.0 Å². The minimum absolute atomic E-state index is 0.264. The topological polar surface area (TPSA) is 113 Å². The zero-order chi connectivity index (χ0) is 23.9. The molecule has 1 saturated heterocycles. The molecule has 4 N–H and O–H groups in total. The van der Waals surface area contributed by atoms with E-state index in [9.17, 15) is 9.59 Å². The third kappa shape index (κ3) is 4.75. The molecule has 1 fully saturated rings. The van der Waals surface area contributed by atoms with Gasteiger partial charge >= 0.3 is 6.09 Å². The fourth-order valence-corrected chi connectivity index (χ4v) is 4.19. The molecule has 9 heteroatoms. The number of nitrogens with two attached hydrogens (primary N) is 1. The lowest BCUT2D eigenvalue weighted by Gasteiger charge is -2.27. The van der Waals surface area contributed by atoms with Gasteiger partial charge in [-0.3, -0.25) is 9.69 Å². The fourth-order valence-electron chi connectivity index (χ4n) is 4.01. The molecule has 8 nitrogen and oxygen atoms in total. The van der Waals surface area contributed by atoms with E-state index in [4.69, 9.17) is 27.1 Å². The molecule has 1 aliphatic rings. The van der Waals surface area contributed by atoms with E-state index in [1.807, 2.05) is 27.7 Å². The molecule has 0 spiro atoms. The minimum atomic E-state index is -0.587. The number of imidazole rings is 1. The Morgan fingerprint density at radius 1 is 1.30 bits per heavy atom. The number of aromatic amines is 1. The first-order valence-electron chi connectivity index (χ1n) is 10.9. The lowest BCUT2D eigenvalue weighted by Crippen LogP contribution is -2.36. The summed E-state index contributed by atoms with van der Waals surface area (Å²) in [4.78, 5) is 35.5. The normalized spacial score (nSPS) is 16.3. The van der Waals surface area contributed by atoms with Crippen LogP contribution in [0.3, 0.4) is 0 Å². The molecule has 33 heavy (non-hydrogen) atoms. The highest BCUT2D eigenvalue weighted by molar-refractivity contribution is 6.31. The van der Waals surface area contributed by atoms with Crippen molar-refractivity contribution in [3.05, 3.63) is 52.3 Å². The lowest BCUT2D eigenvalue weighted by molar-refractivity contribution is 0.0219. The molecule has 0 aliphatic carbocycles. The van der Waals surface area contributed by atoms with Gasteiger partial charge < -0.3 is 20.8 Å². The molecule has 0 unspecified atom stereocenters. The molecule has 1 aromatic heterocycles. The number of H-pyrrole nitrogens is 1. The number of nitrogens with one attached hydrogen (secondary N) is 2. The number of halogens is 1. The van der Waals surface area contributed by atoms with Crippen molar-refractivity contribution in [2.45, 2.75) is 52.2 Å². The molecule has 1 aliphatic heterocycles. The summed E-state index contributed by atoms with van der Waals surface area (Å²) in [5.74, 6) is 0.262. The number of anilines is 2. The number of amides is 2. The second kappa shape index (κ2) is 8.59. The van der Waals surface area contributed by atoms with Gasteiger partial charge in [0.15, 0.2) is 0 Å². The Balaban J connectivity index is 1.67. The van der Waals surface area contributed by atoms with Gasteiger partial charge in [-0.05, 0) is 70.4 Å². The average Bonchev–Trinajstić information content (AvgIpc) is 3.36. The summed E-state index contributed by atoms with van der Waals surface area (Å²) < 4.78 is 5.57. The Kier molecular flexibility index (Phi) is 5.97. The second-order valence-corrected chi connectivity index (χ2v) is 9.69. The lowest BCUT2D eigenvalue weighted by atomic mass is 10.1. The number of carbonyl (C=O) groups excluding carboxylic acids is 2. The zero-order valence-electron chi connectivity index (χ0n) is 19.2. The molecule has 2 aromatic carbocycles. The van der Waals surface area contributed by atoms with Crippen LogP contribution in [0.1, 0.15) is 61.4 Å². The van der Waals surface area contributed by atoms with E-state index in [1.54, 1.807) is 35.2 Å². The SMILES string of the molecule is Cc1c(Cl)cccc1NC(=O)c1cc(N)cc2[nH]c([C@@H]3CCCN3C(=O)OC(C)(C)C)nc12. The molecular weight excluding hydrogens is 442 g/mol.